The Morgan fingerprint density at radius 3 is 0.971 bits per heavy atom. The summed E-state index contributed by atoms with van der Waals surface area (Å²) in [5.74, 6) is -2.89. The standard InChI is InChI=1S/C64H118N8O31/c1-6-72(5)17-9-7-8-10-51(82)71-64(39-95-18-11-48(79)65-14-21-89-24-27-92-30-33-98-61-52(68-42(2)76)58(86)55(83)45(36-73)101-61,40-96-19-12-49(80)66-15-22-90-25-28-93-31-34-99-62-53(69-43(3)77)59(87)56(84)46(37-74)102-62)41-97-20-13-50(81)67-16-23-91-26-29-94-32-35-100-63-54(70-44(4)78)60(88)57(85)47(38-75)103-63/h45-47,52-63,73-75,83-88H,6-41H2,1-5H3,(H,65,79)(H,66,80)(H,67,81)(H,68,76)(H,69,77)(H,70,78)(H,71,82)/t45?,46?,47?,52?,53?,54?,55-,56-,57-,58+,59+,60+,61+,62+,63+,64?/m0/s1. The van der Waals surface area contributed by atoms with Crippen LogP contribution in [0.25, 0.3) is 0 Å². The number of hydrogen-bond acceptors (Lipinski definition) is 32. The van der Waals surface area contributed by atoms with Crippen molar-refractivity contribution in [3.63, 3.8) is 0 Å². The molecule has 3 rings (SSSR count). The van der Waals surface area contributed by atoms with Crippen LogP contribution in [0.3, 0.4) is 0 Å². The number of nitrogens with one attached hydrogen (secondary N) is 7. The molecule has 6 unspecified atom stereocenters. The summed E-state index contributed by atoms with van der Waals surface area (Å²) in [6.07, 6.45) is -13.5. The van der Waals surface area contributed by atoms with Crippen LogP contribution < -0.4 is 37.2 Å². The number of hydrogen-bond donors (Lipinski definition) is 16. The molecule has 3 saturated heterocycles. The van der Waals surface area contributed by atoms with Crippen molar-refractivity contribution >= 4 is 41.4 Å². The molecule has 7 amide bonds. The molecule has 0 aromatic carbocycles. The smallest absolute Gasteiger partial charge is 0.222 e. The predicted molar refractivity (Wildman–Crippen MR) is 357 cm³/mol. The summed E-state index contributed by atoms with van der Waals surface area (Å²) in [7, 11) is 2.01. The molecule has 0 spiro atoms. The largest absolute Gasteiger partial charge is 0.394 e. The molecule has 0 aromatic rings. The van der Waals surface area contributed by atoms with E-state index in [2.05, 4.69) is 49.0 Å². The van der Waals surface area contributed by atoms with Gasteiger partial charge in [-0.1, -0.05) is 13.3 Å². The number of amides is 7. The van der Waals surface area contributed by atoms with E-state index in [-0.39, 0.29) is 208 Å². The summed E-state index contributed by atoms with van der Waals surface area (Å²) in [6.45, 7) is 6.76. The van der Waals surface area contributed by atoms with Crippen molar-refractivity contribution in [2.45, 2.75) is 170 Å². The molecule has 0 saturated carbocycles. The van der Waals surface area contributed by atoms with Gasteiger partial charge in [0.1, 0.15) is 78.6 Å². The molecule has 15 atom stereocenters. The molecule has 16 N–H and O–H groups in total. The quantitative estimate of drug-likeness (QED) is 0.0252. The van der Waals surface area contributed by atoms with Gasteiger partial charge in [0, 0.05) is 66.1 Å². The molecule has 0 radical (unpaired) electrons. The predicted octanol–water partition coefficient (Wildman–Crippen LogP) is -8.10. The fourth-order valence-corrected chi connectivity index (χ4v) is 10.4. The maximum absolute atomic E-state index is 13.8. The van der Waals surface area contributed by atoms with Gasteiger partial charge < -0.3 is 159 Å². The fraction of sp³-hybridized carbons (Fsp3) is 0.891. The van der Waals surface area contributed by atoms with Gasteiger partial charge in [0.05, 0.1) is 159 Å². The van der Waals surface area contributed by atoms with Crippen molar-refractivity contribution in [3.05, 3.63) is 0 Å². The first kappa shape index (κ1) is 92.5. The van der Waals surface area contributed by atoms with Crippen molar-refractivity contribution in [3.8, 4) is 0 Å². The van der Waals surface area contributed by atoms with Crippen LogP contribution in [0, 0.1) is 0 Å². The molecule has 3 fully saturated rings. The fourth-order valence-electron chi connectivity index (χ4n) is 10.4. The molecule has 0 bridgehead atoms. The Morgan fingerprint density at radius 1 is 0.379 bits per heavy atom. The minimum Gasteiger partial charge on any atom is -0.394 e. The molecule has 103 heavy (non-hydrogen) atoms. The van der Waals surface area contributed by atoms with Gasteiger partial charge in [-0.15, -0.1) is 0 Å². The molecule has 3 aliphatic heterocycles. The lowest BCUT2D eigenvalue weighted by atomic mass is 9.97. The molecule has 39 nitrogen and oxygen atoms in total. The first-order valence-electron chi connectivity index (χ1n) is 35.0. The molecule has 39 heteroatoms. The highest BCUT2D eigenvalue weighted by Gasteiger charge is 2.48. The van der Waals surface area contributed by atoms with Gasteiger partial charge in [0.15, 0.2) is 18.9 Å². The van der Waals surface area contributed by atoms with Gasteiger partial charge in [0.2, 0.25) is 41.4 Å². The highest BCUT2D eigenvalue weighted by molar-refractivity contribution is 5.78. The second-order valence-corrected chi connectivity index (χ2v) is 24.6. The van der Waals surface area contributed by atoms with Crippen LogP contribution in [0.5, 0.6) is 0 Å². The van der Waals surface area contributed by atoms with Gasteiger partial charge in [-0.05, 0) is 33.0 Å². The van der Waals surface area contributed by atoms with E-state index in [1.54, 1.807) is 0 Å². The first-order valence-corrected chi connectivity index (χ1v) is 35.0. The maximum atomic E-state index is 13.8. The normalized spacial score (nSPS) is 25.5. The van der Waals surface area contributed by atoms with E-state index < -0.39 is 135 Å². The minimum absolute atomic E-state index is 0.0237. The third-order valence-corrected chi connectivity index (χ3v) is 16.0. The minimum atomic E-state index is -1.45. The molecule has 3 aliphatic rings. The Balaban J connectivity index is 1.50. The highest BCUT2D eigenvalue weighted by atomic mass is 16.7. The van der Waals surface area contributed by atoms with Gasteiger partial charge in [-0.2, -0.15) is 0 Å². The van der Waals surface area contributed by atoms with E-state index in [0.717, 1.165) is 25.9 Å². The zero-order chi connectivity index (χ0) is 75.8. The SMILES string of the molecule is CCN(C)CCCCCC(=O)NC(COCCC(=O)NCCOCCOCCO[C@@H]1OC(CO)[C@H](O)[C@H](O)C1NC(C)=O)(COCCC(=O)NCCOCCOCCO[C@@H]1OC(CO)[C@H](O)[C@H](O)C1NC(C)=O)COCCC(=O)NCCOCCOCCO[C@@H]1OC(CO)[C@H](O)[C@H](O)C1NC(C)=O. The Labute approximate surface area is 600 Å². The van der Waals surface area contributed by atoms with E-state index in [0.29, 0.717) is 6.42 Å². The number of carbonyl (C=O) groups excluding carboxylic acids is 7. The second kappa shape index (κ2) is 54.8. The van der Waals surface area contributed by atoms with Crippen molar-refractivity contribution < 1.29 is 151 Å². The van der Waals surface area contributed by atoms with Crippen molar-refractivity contribution in [2.24, 2.45) is 0 Å². The second-order valence-electron chi connectivity index (χ2n) is 24.6. The summed E-state index contributed by atoms with van der Waals surface area (Å²) < 4.78 is 85.0. The lowest BCUT2D eigenvalue weighted by Gasteiger charge is -2.42. The number of carbonyl (C=O) groups is 7. The third-order valence-electron chi connectivity index (χ3n) is 16.0. The third kappa shape index (κ3) is 38.6. The van der Waals surface area contributed by atoms with E-state index in [1.807, 2.05) is 7.05 Å². The lowest BCUT2D eigenvalue weighted by Crippen LogP contribution is -2.64. The summed E-state index contributed by atoms with van der Waals surface area (Å²) >= 11 is 0. The highest BCUT2D eigenvalue weighted by Crippen LogP contribution is 2.25. The Hall–Kier alpha value is -4.71. The van der Waals surface area contributed by atoms with E-state index in [9.17, 15) is 79.5 Å². The van der Waals surface area contributed by atoms with Crippen molar-refractivity contribution in [1.29, 1.82) is 0 Å². The Kier molecular flexibility index (Phi) is 49.2. The topological polar surface area (TPSA) is 527 Å². The molecule has 600 valence electrons. The van der Waals surface area contributed by atoms with Crippen LogP contribution in [0.2, 0.25) is 0 Å². The van der Waals surface area contributed by atoms with Crippen LogP contribution in [-0.4, -0.2) is 388 Å². The zero-order valence-corrected chi connectivity index (χ0v) is 60.1. The summed E-state index contributed by atoms with van der Waals surface area (Å²) in [6, 6.07) is -3.28. The van der Waals surface area contributed by atoms with Crippen LogP contribution in [0.1, 0.15) is 72.6 Å². The Morgan fingerprint density at radius 2 is 0.680 bits per heavy atom. The van der Waals surface area contributed by atoms with Crippen LogP contribution in [0.15, 0.2) is 0 Å². The first-order chi connectivity index (χ1) is 49.5. The van der Waals surface area contributed by atoms with E-state index in [4.69, 9.17) is 71.1 Å². The van der Waals surface area contributed by atoms with Gasteiger partial charge in [-0.25, -0.2) is 0 Å². The van der Waals surface area contributed by atoms with Crippen LogP contribution in [0.4, 0.5) is 0 Å². The number of nitrogens with zero attached hydrogens (tertiary/aromatic N) is 1. The lowest BCUT2D eigenvalue weighted by molar-refractivity contribution is -0.272. The molecular formula is C64H118N8O31. The molecule has 0 aromatic heterocycles. The Bertz CT molecular complexity index is 2120. The molecular weight excluding hydrogens is 1380 g/mol. The van der Waals surface area contributed by atoms with Gasteiger partial charge >= 0.3 is 0 Å². The molecule has 3 heterocycles. The van der Waals surface area contributed by atoms with Crippen molar-refractivity contribution in [2.75, 3.05) is 198 Å². The average Bonchev–Trinajstić information content (AvgIpc) is 0.806. The van der Waals surface area contributed by atoms with E-state index in [1.165, 1.54) is 20.8 Å². The van der Waals surface area contributed by atoms with E-state index >= 15 is 0 Å². The number of aliphatic hydroxyl groups excluding tert-OH is 9. The number of rotatable bonds is 59. The summed E-state index contributed by atoms with van der Waals surface area (Å²) in [5, 5.41) is 109. The van der Waals surface area contributed by atoms with Gasteiger partial charge in [0.25, 0.3) is 0 Å². The van der Waals surface area contributed by atoms with Crippen molar-refractivity contribution in [1.82, 2.24) is 42.1 Å². The summed E-state index contributed by atoms with van der Waals surface area (Å²) in [4.78, 5) is 89.8. The maximum Gasteiger partial charge on any atom is 0.222 e. The number of aliphatic hydroxyl groups is 9. The van der Waals surface area contributed by atoms with Crippen LogP contribution >= 0.6 is 0 Å². The van der Waals surface area contributed by atoms with Gasteiger partial charge in [-0.3, -0.25) is 33.6 Å². The monoisotopic (exact) mass is 1490 g/mol. The molecule has 0 aliphatic carbocycles. The number of ether oxygens (including phenoxy) is 15. The summed E-state index contributed by atoms with van der Waals surface area (Å²) in [5.41, 5.74) is -1.37. The zero-order valence-electron chi connectivity index (χ0n) is 60.1. The number of unbranched alkanes of at least 4 members (excludes halogenated alkanes) is 2. The average molecular weight is 1500 g/mol. The van der Waals surface area contributed by atoms with Crippen LogP contribution in [-0.2, 0) is 105 Å².